The monoisotopic (exact) mass is 399 g/mol. The van der Waals surface area contributed by atoms with Crippen molar-refractivity contribution in [3.05, 3.63) is 71.0 Å². The summed E-state index contributed by atoms with van der Waals surface area (Å²) in [7, 11) is 0. The Hall–Kier alpha value is -3.26. The summed E-state index contributed by atoms with van der Waals surface area (Å²) in [6.07, 6.45) is 1.66. The lowest BCUT2D eigenvalue weighted by Crippen LogP contribution is -2.28. The molecule has 9 heteroatoms. The number of nitrogens with one attached hydrogen (secondary N) is 1. The highest BCUT2D eigenvalue weighted by molar-refractivity contribution is 6.33. The molecule has 0 saturated heterocycles. The summed E-state index contributed by atoms with van der Waals surface area (Å²) in [4.78, 5) is 24.7. The lowest BCUT2D eigenvalue weighted by molar-refractivity contribution is -0.151. The first kappa shape index (κ1) is 19.5. The number of anilines is 1. The number of nitrogens with zero attached hydrogens (tertiary/aromatic N) is 4. The third kappa shape index (κ3) is 5.14. The van der Waals surface area contributed by atoms with E-state index in [1.54, 1.807) is 12.1 Å². The summed E-state index contributed by atoms with van der Waals surface area (Å²) in [6, 6.07) is 13.9. The molecule has 1 aromatic heterocycles. The average Bonchev–Trinajstić information content (AvgIpc) is 3.22. The Morgan fingerprint density at radius 2 is 2.00 bits per heavy atom. The molecule has 1 heterocycles. The first-order chi connectivity index (χ1) is 13.5. The molecule has 0 aliphatic heterocycles. The molecule has 0 fully saturated rings. The van der Waals surface area contributed by atoms with Gasteiger partial charge in [0.1, 0.15) is 6.33 Å². The standard InChI is InChI=1S/C19H18ClN5O3/c1-13-7-8-16(15(20)9-13)22-18(26)11-28-19(27)17(25-12-21-23-24-25)10-14-5-3-2-4-6-14/h2-9,12,17H,10-11H2,1H3,(H,22,26)/t17-/m1/s1. The third-order valence-corrected chi connectivity index (χ3v) is 4.29. The molecule has 0 unspecified atom stereocenters. The number of aromatic nitrogens is 4. The summed E-state index contributed by atoms with van der Waals surface area (Å²) in [5.41, 5.74) is 2.34. The number of ether oxygens (including phenoxy) is 1. The maximum atomic E-state index is 12.6. The van der Waals surface area contributed by atoms with E-state index in [4.69, 9.17) is 16.3 Å². The molecule has 0 saturated carbocycles. The number of rotatable bonds is 7. The van der Waals surface area contributed by atoms with Crippen molar-refractivity contribution in [3.63, 3.8) is 0 Å². The van der Waals surface area contributed by atoms with E-state index in [1.807, 2.05) is 43.3 Å². The molecule has 3 aromatic rings. The second kappa shape index (κ2) is 9.09. The van der Waals surface area contributed by atoms with Gasteiger partial charge < -0.3 is 10.1 Å². The Morgan fingerprint density at radius 1 is 1.21 bits per heavy atom. The summed E-state index contributed by atoms with van der Waals surface area (Å²) < 4.78 is 6.50. The number of amides is 1. The van der Waals surface area contributed by atoms with Crippen molar-refractivity contribution in [1.82, 2.24) is 20.2 Å². The van der Waals surface area contributed by atoms with Crippen molar-refractivity contribution in [3.8, 4) is 0 Å². The molecule has 1 amide bonds. The minimum atomic E-state index is -0.784. The van der Waals surface area contributed by atoms with Crippen LogP contribution in [0.3, 0.4) is 0 Å². The SMILES string of the molecule is Cc1ccc(NC(=O)COC(=O)[C@@H](Cc2ccccc2)n2cnnn2)c(Cl)c1. The van der Waals surface area contributed by atoms with Crippen LogP contribution >= 0.6 is 11.6 Å². The van der Waals surface area contributed by atoms with Crippen LogP contribution in [0.5, 0.6) is 0 Å². The Bertz CT molecular complexity index is 947. The van der Waals surface area contributed by atoms with Gasteiger partial charge in [0.25, 0.3) is 5.91 Å². The molecule has 0 aliphatic rings. The summed E-state index contributed by atoms with van der Waals surface area (Å²) in [6.45, 7) is 1.45. The lowest BCUT2D eigenvalue weighted by atomic mass is 10.1. The number of esters is 1. The number of tetrazole rings is 1. The predicted octanol–water partition coefficient (Wildman–Crippen LogP) is 2.60. The predicted molar refractivity (Wildman–Crippen MR) is 103 cm³/mol. The molecule has 144 valence electrons. The minimum absolute atomic E-state index is 0.329. The molecular formula is C19H18ClN5O3. The van der Waals surface area contributed by atoms with Gasteiger partial charge in [-0.05, 0) is 40.6 Å². The summed E-state index contributed by atoms with van der Waals surface area (Å²) in [5, 5.41) is 13.9. The van der Waals surface area contributed by atoms with Crippen molar-refractivity contribution < 1.29 is 14.3 Å². The van der Waals surface area contributed by atoms with E-state index in [0.29, 0.717) is 17.1 Å². The van der Waals surface area contributed by atoms with Crippen molar-refractivity contribution in [2.75, 3.05) is 11.9 Å². The fourth-order valence-corrected chi connectivity index (χ4v) is 2.86. The van der Waals surface area contributed by atoms with Crippen LogP contribution < -0.4 is 5.32 Å². The number of carbonyl (C=O) groups excluding carboxylic acids is 2. The molecule has 28 heavy (non-hydrogen) atoms. The molecule has 0 radical (unpaired) electrons. The average molecular weight is 400 g/mol. The Labute approximate surface area is 166 Å². The van der Waals surface area contributed by atoms with Gasteiger partial charge in [0.05, 0.1) is 10.7 Å². The van der Waals surface area contributed by atoms with Gasteiger partial charge in [-0.25, -0.2) is 9.48 Å². The number of aryl methyl sites for hydroxylation is 1. The molecule has 3 rings (SSSR count). The van der Waals surface area contributed by atoms with Crippen LogP contribution in [-0.2, 0) is 20.7 Å². The van der Waals surface area contributed by atoms with E-state index in [9.17, 15) is 9.59 Å². The van der Waals surface area contributed by atoms with Crippen molar-refractivity contribution in [2.24, 2.45) is 0 Å². The highest BCUT2D eigenvalue weighted by atomic mass is 35.5. The van der Waals surface area contributed by atoms with Crippen LogP contribution in [0.2, 0.25) is 5.02 Å². The lowest BCUT2D eigenvalue weighted by Gasteiger charge is -2.15. The first-order valence-electron chi connectivity index (χ1n) is 8.52. The van der Waals surface area contributed by atoms with Gasteiger partial charge in [-0.1, -0.05) is 48.0 Å². The van der Waals surface area contributed by atoms with Crippen molar-refractivity contribution in [2.45, 2.75) is 19.4 Å². The first-order valence-corrected chi connectivity index (χ1v) is 8.90. The number of halogens is 1. The van der Waals surface area contributed by atoms with Gasteiger partial charge in [0.15, 0.2) is 12.6 Å². The normalized spacial score (nSPS) is 11.6. The van der Waals surface area contributed by atoms with Crippen LogP contribution in [0.25, 0.3) is 0 Å². The zero-order chi connectivity index (χ0) is 19.9. The van der Waals surface area contributed by atoms with E-state index in [-0.39, 0.29) is 0 Å². The van der Waals surface area contributed by atoms with Crippen LogP contribution in [0.15, 0.2) is 54.9 Å². The minimum Gasteiger partial charge on any atom is -0.454 e. The Kier molecular flexibility index (Phi) is 6.33. The van der Waals surface area contributed by atoms with Gasteiger partial charge in [0, 0.05) is 6.42 Å². The smallest absolute Gasteiger partial charge is 0.331 e. The number of hydrogen-bond donors (Lipinski definition) is 1. The van der Waals surface area contributed by atoms with Crippen LogP contribution in [0, 0.1) is 6.92 Å². The molecular weight excluding hydrogens is 382 g/mol. The van der Waals surface area contributed by atoms with Crippen LogP contribution in [0.1, 0.15) is 17.2 Å². The zero-order valence-corrected chi connectivity index (χ0v) is 15.8. The Balaban J connectivity index is 1.62. The molecule has 1 N–H and O–H groups in total. The number of benzene rings is 2. The van der Waals surface area contributed by atoms with Gasteiger partial charge >= 0.3 is 5.97 Å². The van der Waals surface area contributed by atoms with Crippen molar-refractivity contribution in [1.29, 1.82) is 0 Å². The molecule has 1 atom stereocenters. The Morgan fingerprint density at radius 3 is 2.68 bits per heavy atom. The van der Waals surface area contributed by atoms with Crippen LogP contribution in [-0.4, -0.2) is 38.7 Å². The van der Waals surface area contributed by atoms with E-state index >= 15 is 0 Å². The molecule has 2 aromatic carbocycles. The van der Waals surface area contributed by atoms with E-state index in [1.165, 1.54) is 11.0 Å². The molecule has 8 nitrogen and oxygen atoms in total. The quantitative estimate of drug-likeness (QED) is 0.613. The van der Waals surface area contributed by atoms with Gasteiger partial charge in [0.2, 0.25) is 0 Å². The molecule has 0 bridgehead atoms. The number of carbonyl (C=O) groups is 2. The summed E-state index contributed by atoms with van der Waals surface area (Å²) >= 11 is 6.10. The van der Waals surface area contributed by atoms with Crippen LogP contribution in [0.4, 0.5) is 5.69 Å². The highest BCUT2D eigenvalue weighted by Gasteiger charge is 2.24. The van der Waals surface area contributed by atoms with Gasteiger partial charge in [-0.15, -0.1) is 5.10 Å². The molecule has 0 aliphatic carbocycles. The van der Waals surface area contributed by atoms with Gasteiger partial charge in [-0.3, -0.25) is 4.79 Å². The van der Waals surface area contributed by atoms with E-state index in [2.05, 4.69) is 20.8 Å². The highest BCUT2D eigenvalue weighted by Crippen LogP contribution is 2.22. The van der Waals surface area contributed by atoms with E-state index in [0.717, 1.165) is 11.1 Å². The topological polar surface area (TPSA) is 99.0 Å². The number of hydrogen-bond acceptors (Lipinski definition) is 6. The molecule has 0 spiro atoms. The van der Waals surface area contributed by atoms with E-state index < -0.39 is 24.5 Å². The fraction of sp³-hybridized carbons (Fsp3) is 0.211. The zero-order valence-electron chi connectivity index (χ0n) is 15.1. The largest absolute Gasteiger partial charge is 0.454 e. The summed E-state index contributed by atoms with van der Waals surface area (Å²) in [5.74, 6) is -1.10. The second-order valence-electron chi connectivity index (χ2n) is 6.13. The fourth-order valence-electron chi connectivity index (χ4n) is 2.57. The second-order valence-corrected chi connectivity index (χ2v) is 6.54. The maximum Gasteiger partial charge on any atom is 0.331 e. The van der Waals surface area contributed by atoms with Gasteiger partial charge in [-0.2, -0.15) is 0 Å². The maximum absolute atomic E-state index is 12.6. The van der Waals surface area contributed by atoms with Crippen molar-refractivity contribution >= 4 is 29.2 Å². The third-order valence-electron chi connectivity index (χ3n) is 3.97.